The molecule has 20 heavy (non-hydrogen) atoms. The molecule has 6 nitrogen and oxygen atoms in total. The van der Waals surface area contributed by atoms with Crippen molar-refractivity contribution < 1.29 is 14.7 Å². The van der Waals surface area contributed by atoms with Gasteiger partial charge in [-0.15, -0.1) is 0 Å². The average Bonchev–Trinajstić information content (AvgIpc) is 2.47. The minimum atomic E-state index is -0.973. The van der Waals surface area contributed by atoms with Gasteiger partial charge in [-0.05, 0) is 31.4 Å². The van der Waals surface area contributed by atoms with Gasteiger partial charge in [-0.1, -0.05) is 0 Å². The summed E-state index contributed by atoms with van der Waals surface area (Å²) in [6.45, 7) is 2.05. The molecule has 0 atom stereocenters. The first kappa shape index (κ1) is 14.3. The van der Waals surface area contributed by atoms with Crippen molar-refractivity contribution in [3.8, 4) is 0 Å². The molecule has 1 aromatic heterocycles. The summed E-state index contributed by atoms with van der Waals surface area (Å²) in [5.41, 5.74) is 0.598. The maximum Gasteiger partial charge on any atom is 0.303 e. The van der Waals surface area contributed by atoms with Crippen LogP contribution in [0.25, 0.3) is 0 Å². The molecule has 0 spiro atoms. The van der Waals surface area contributed by atoms with Crippen molar-refractivity contribution >= 4 is 23.4 Å². The number of pyridine rings is 1. The Labute approximate surface area is 117 Å². The summed E-state index contributed by atoms with van der Waals surface area (Å²) in [5, 5.41) is 11.2. The standard InChI is InChI=1S/C14H19N3O3/c18-13(6-7-14(19)20)16-11-4-5-12(15-10-11)17-8-2-1-3-9-17/h4-5,10H,1-3,6-9H2,(H,16,18)(H,19,20). The highest BCUT2D eigenvalue weighted by molar-refractivity contribution is 5.92. The predicted octanol–water partition coefficient (Wildman–Crippen LogP) is 1.88. The van der Waals surface area contributed by atoms with Gasteiger partial charge < -0.3 is 15.3 Å². The molecule has 1 amide bonds. The number of anilines is 2. The smallest absolute Gasteiger partial charge is 0.303 e. The van der Waals surface area contributed by atoms with Crippen LogP contribution in [0.15, 0.2) is 18.3 Å². The molecule has 6 heteroatoms. The largest absolute Gasteiger partial charge is 0.481 e. The molecule has 0 unspecified atom stereocenters. The molecular weight excluding hydrogens is 258 g/mol. The van der Waals surface area contributed by atoms with Crippen LogP contribution in [0.2, 0.25) is 0 Å². The number of carboxylic acid groups (broad SMARTS) is 1. The van der Waals surface area contributed by atoms with E-state index in [0.29, 0.717) is 5.69 Å². The van der Waals surface area contributed by atoms with Gasteiger partial charge in [0.1, 0.15) is 5.82 Å². The molecular formula is C14H19N3O3. The number of amides is 1. The monoisotopic (exact) mass is 277 g/mol. The van der Waals surface area contributed by atoms with Crippen LogP contribution >= 0.6 is 0 Å². The van der Waals surface area contributed by atoms with E-state index in [4.69, 9.17) is 5.11 Å². The van der Waals surface area contributed by atoms with E-state index in [2.05, 4.69) is 15.2 Å². The number of nitrogens with zero attached hydrogens (tertiary/aromatic N) is 2. The Balaban J connectivity index is 1.87. The van der Waals surface area contributed by atoms with Crippen molar-refractivity contribution in [2.45, 2.75) is 32.1 Å². The van der Waals surface area contributed by atoms with Crippen LogP contribution in [-0.4, -0.2) is 35.1 Å². The number of hydrogen-bond acceptors (Lipinski definition) is 4. The van der Waals surface area contributed by atoms with Crippen molar-refractivity contribution in [3.05, 3.63) is 18.3 Å². The van der Waals surface area contributed by atoms with Gasteiger partial charge in [-0.2, -0.15) is 0 Å². The second-order valence-corrected chi connectivity index (χ2v) is 4.89. The van der Waals surface area contributed by atoms with Crippen LogP contribution < -0.4 is 10.2 Å². The number of aliphatic carboxylic acids is 1. The van der Waals surface area contributed by atoms with Gasteiger partial charge in [-0.3, -0.25) is 9.59 Å². The fraction of sp³-hybridized carbons (Fsp3) is 0.500. The summed E-state index contributed by atoms with van der Waals surface area (Å²) in [5.74, 6) is -0.355. The first-order valence-corrected chi connectivity index (χ1v) is 6.88. The van der Waals surface area contributed by atoms with E-state index >= 15 is 0 Å². The third-order valence-corrected chi connectivity index (χ3v) is 3.28. The summed E-state index contributed by atoms with van der Waals surface area (Å²) >= 11 is 0. The first-order chi connectivity index (χ1) is 9.65. The van der Waals surface area contributed by atoms with Crippen LogP contribution in [0.4, 0.5) is 11.5 Å². The van der Waals surface area contributed by atoms with Crippen molar-refractivity contribution in [1.82, 2.24) is 4.98 Å². The van der Waals surface area contributed by atoms with Crippen LogP contribution in [0.3, 0.4) is 0 Å². The molecule has 2 rings (SSSR count). The second-order valence-electron chi connectivity index (χ2n) is 4.89. The molecule has 0 saturated carbocycles. The Morgan fingerprint density at radius 2 is 1.95 bits per heavy atom. The van der Waals surface area contributed by atoms with Gasteiger partial charge in [0.25, 0.3) is 0 Å². The highest BCUT2D eigenvalue weighted by Crippen LogP contribution is 2.18. The molecule has 0 radical (unpaired) electrons. The molecule has 1 aliphatic rings. The quantitative estimate of drug-likeness (QED) is 0.858. The van der Waals surface area contributed by atoms with E-state index in [1.54, 1.807) is 12.3 Å². The van der Waals surface area contributed by atoms with Crippen molar-refractivity contribution in [3.63, 3.8) is 0 Å². The third kappa shape index (κ3) is 4.22. The minimum absolute atomic E-state index is 0.0246. The van der Waals surface area contributed by atoms with Crippen molar-refractivity contribution in [2.75, 3.05) is 23.3 Å². The second kappa shape index (κ2) is 6.88. The van der Waals surface area contributed by atoms with Crippen LogP contribution in [0.1, 0.15) is 32.1 Å². The Bertz CT molecular complexity index is 467. The lowest BCUT2D eigenvalue weighted by Crippen LogP contribution is -2.30. The highest BCUT2D eigenvalue weighted by atomic mass is 16.4. The Hall–Kier alpha value is -2.11. The summed E-state index contributed by atoms with van der Waals surface area (Å²) in [7, 11) is 0. The molecule has 0 aromatic carbocycles. The maximum atomic E-state index is 11.5. The number of carbonyl (C=O) groups is 2. The van der Waals surface area contributed by atoms with Gasteiger partial charge in [0.2, 0.25) is 5.91 Å². The van der Waals surface area contributed by atoms with Gasteiger partial charge in [0, 0.05) is 19.5 Å². The fourth-order valence-corrected chi connectivity index (χ4v) is 2.21. The number of rotatable bonds is 5. The van der Waals surface area contributed by atoms with E-state index in [1.807, 2.05) is 6.07 Å². The summed E-state index contributed by atoms with van der Waals surface area (Å²) in [4.78, 5) is 28.5. The zero-order valence-electron chi connectivity index (χ0n) is 11.3. The van der Waals surface area contributed by atoms with E-state index in [0.717, 1.165) is 18.9 Å². The lowest BCUT2D eigenvalue weighted by Gasteiger charge is -2.27. The zero-order valence-corrected chi connectivity index (χ0v) is 11.3. The minimum Gasteiger partial charge on any atom is -0.481 e. The SMILES string of the molecule is O=C(O)CCC(=O)Nc1ccc(N2CCCCC2)nc1. The van der Waals surface area contributed by atoms with Gasteiger partial charge in [0.15, 0.2) is 0 Å². The first-order valence-electron chi connectivity index (χ1n) is 6.88. The van der Waals surface area contributed by atoms with Crippen molar-refractivity contribution in [1.29, 1.82) is 0 Å². The van der Waals surface area contributed by atoms with E-state index in [9.17, 15) is 9.59 Å². The van der Waals surface area contributed by atoms with Gasteiger partial charge in [0.05, 0.1) is 18.3 Å². The molecule has 1 aliphatic heterocycles. The molecule has 1 saturated heterocycles. The third-order valence-electron chi connectivity index (χ3n) is 3.28. The van der Waals surface area contributed by atoms with Gasteiger partial charge in [-0.25, -0.2) is 4.98 Å². The summed E-state index contributed by atoms with van der Waals surface area (Å²) in [6, 6.07) is 3.69. The molecule has 0 bridgehead atoms. The molecule has 2 heterocycles. The summed E-state index contributed by atoms with van der Waals surface area (Å²) < 4.78 is 0. The normalized spacial score (nSPS) is 14.9. The van der Waals surface area contributed by atoms with Gasteiger partial charge >= 0.3 is 5.97 Å². The number of hydrogen-bond donors (Lipinski definition) is 2. The van der Waals surface area contributed by atoms with Crippen LogP contribution in [0, 0.1) is 0 Å². The Kier molecular flexibility index (Phi) is 4.92. The van der Waals surface area contributed by atoms with Crippen molar-refractivity contribution in [2.24, 2.45) is 0 Å². The van der Waals surface area contributed by atoms with E-state index in [-0.39, 0.29) is 18.7 Å². The predicted molar refractivity (Wildman–Crippen MR) is 75.8 cm³/mol. The summed E-state index contributed by atoms with van der Waals surface area (Å²) in [6.07, 6.45) is 5.08. The lowest BCUT2D eigenvalue weighted by molar-refractivity contribution is -0.138. The number of nitrogens with one attached hydrogen (secondary N) is 1. The van der Waals surface area contributed by atoms with E-state index in [1.165, 1.54) is 19.3 Å². The lowest BCUT2D eigenvalue weighted by atomic mass is 10.1. The van der Waals surface area contributed by atoms with Crippen LogP contribution in [-0.2, 0) is 9.59 Å². The number of piperidine rings is 1. The molecule has 0 aliphatic carbocycles. The molecule has 1 aromatic rings. The maximum absolute atomic E-state index is 11.5. The van der Waals surface area contributed by atoms with Crippen LogP contribution in [0.5, 0.6) is 0 Å². The average molecular weight is 277 g/mol. The topological polar surface area (TPSA) is 82.5 Å². The number of aromatic nitrogens is 1. The van der Waals surface area contributed by atoms with E-state index < -0.39 is 5.97 Å². The Morgan fingerprint density at radius 1 is 1.20 bits per heavy atom. The Morgan fingerprint density at radius 3 is 2.55 bits per heavy atom. The fourth-order valence-electron chi connectivity index (χ4n) is 2.21. The molecule has 2 N–H and O–H groups in total. The molecule has 108 valence electrons. The number of carboxylic acids is 1. The zero-order chi connectivity index (χ0) is 14.4. The molecule has 1 fully saturated rings. The highest BCUT2D eigenvalue weighted by Gasteiger charge is 2.12. The number of carbonyl (C=O) groups excluding carboxylic acids is 1.